The number of hydrogen-bond acceptors (Lipinski definition) is 0. The zero-order valence-electron chi connectivity index (χ0n) is 22.4. The van der Waals surface area contributed by atoms with Gasteiger partial charge in [0.05, 0.1) is 0 Å². The molecule has 0 bridgehead atoms. The number of hydrogen-bond donors (Lipinski definition) is 0. The summed E-state index contributed by atoms with van der Waals surface area (Å²) in [6.07, 6.45) is 0. The third-order valence-corrected chi connectivity index (χ3v) is 12.2. The van der Waals surface area contributed by atoms with Crippen LogP contribution in [0.2, 0.25) is 0 Å². The van der Waals surface area contributed by atoms with Crippen LogP contribution in [0.3, 0.4) is 0 Å². The van der Waals surface area contributed by atoms with E-state index in [1.165, 1.54) is 21.5 Å². The summed E-state index contributed by atoms with van der Waals surface area (Å²) >= 11 is 0. The van der Waals surface area contributed by atoms with Gasteiger partial charge in [-0.3, -0.25) is 0 Å². The molecule has 0 aromatic heterocycles. The van der Waals surface area contributed by atoms with Crippen LogP contribution in [0.5, 0.6) is 0 Å². The minimum absolute atomic E-state index is 0. The molecule has 0 unspecified atom stereocenters. The van der Waals surface area contributed by atoms with Crippen LogP contribution in [-0.2, 0) is 21.7 Å². The summed E-state index contributed by atoms with van der Waals surface area (Å²) in [5.41, 5.74) is 3.08. The Morgan fingerprint density at radius 1 is 0.514 bits per heavy atom. The number of benzene rings is 2. The molecule has 0 saturated carbocycles. The average molecular weight is 548 g/mol. The van der Waals surface area contributed by atoms with Gasteiger partial charge in [-0.2, -0.15) is 12.1 Å². The maximum atomic E-state index is 2.39. The first-order valence-electron chi connectivity index (χ1n) is 12.1. The second-order valence-electron chi connectivity index (χ2n) is 9.87. The molecule has 0 aliphatic carbocycles. The molecule has 4 aromatic rings. The Labute approximate surface area is 229 Å². The Morgan fingerprint density at radius 3 is 1.06 bits per heavy atom. The fourth-order valence-corrected chi connectivity index (χ4v) is 10.9. The summed E-state index contributed by atoms with van der Waals surface area (Å²) < 4.78 is 0. The first kappa shape index (κ1) is 34.1. The molecule has 0 atom stereocenters. The standard InChI is InChI=1S/2C15H20P.2FH.Ti/c2*1-11(2)16(12(3)4)15-9-13-7-5-6-8-14(13)10-15;;;/h2*5-12H,1-4H3;2*1H;/q2*-1;;;+4/p-2. The van der Waals surface area contributed by atoms with Crippen LogP contribution < -0.4 is 20.0 Å². The molecule has 0 amide bonds. The maximum absolute atomic E-state index is 2.39. The molecule has 0 aliphatic heterocycles. The number of halogens is 2. The normalized spacial score (nSPS) is 11.1. The van der Waals surface area contributed by atoms with E-state index in [2.05, 4.69) is 128 Å². The smallest absolute Gasteiger partial charge is 1.00 e. The first-order valence-corrected chi connectivity index (χ1v) is 15.0. The van der Waals surface area contributed by atoms with Gasteiger partial charge in [0.15, 0.2) is 0 Å². The second-order valence-corrected chi connectivity index (χ2v) is 16.7. The predicted octanol–water partition coefficient (Wildman–Crippen LogP) is 2.97. The Kier molecular flexibility index (Phi) is 15.0. The van der Waals surface area contributed by atoms with Crippen molar-refractivity contribution in [3.63, 3.8) is 0 Å². The van der Waals surface area contributed by atoms with Gasteiger partial charge in [0.1, 0.15) is 0 Å². The van der Waals surface area contributed by atoms with Gasteiger partial charge in [-0.15, -0.1) is 80.7 Å². The zero-order chi connectivity index (χ0) is 23.4. The van der Waals surface area contributed by atoms with E-state index in [1.807, 2.05) is 0 Å². The van der Waals surface area contributed by atoms with Crippen molar-refractivity contribution in [2.24, 2.45) is 0 Å². The van der Waals surface area contributed by atoms with Crippen LogP contribution in [0, 0.1) is 0 Å². The Bertz CT molecular complexity index is 956. The third kappa shape index (κ3) is 8.57. The van der Waals surface area contributed by atoms with E-state index < -0.39 is 0 Å². The SMILES string of the molecule is CC(C)P(c1cc2ccccc2[cH-]1)C(C)C.CC(C)P(c1cc2ccccc2[cH-]1)C(C)C.[F-].[F-].[Ti+4]. The van der Waals surface area contributed by atoms with Crippen LogP contribution in [0.1, 0.15) is 55.4 Å². The van der Waals surface area contributed by atoms with Gasteiger partial charge in [0.25, 0.3) is 0 Å². The van der Waals surface area contributed by atoms with E-state index >= 15 is 0 Å². The van der Waals surface area contributed by atoms with Gasteiger partial charge < -0.3 is 9.41 Å². The largest absolute Gasteiger partial charge is 4.00 e. The molecular weight excluding hydrogens is 508 g/mol. The summed E-state index contributed by atoms with van der Waals surface area (Å²) in [7, 11) is -0.0412. The molecule has 188 valence electrons. The zero-order valence-corrected chi connectivity index (χ0v) is 25.7. The molecule has 0 nitrogen and oxygen atoms in total. The van der Waals surface area contributed by atoms with E-state index in [-0.39, 0.29) is 47.0 Å². The monoisotopic (exact) mass is 548 g/mol. The van der Waals surface area contributed by atoms with Gasteiger partial charge in [0, 0.05) is 0 Å². The van der Waals surface area contributed by atoms with Crippen LogP contribution in [-0.4, -0.2) is 22.6 Å². The molecule has 0 N–H and O–H groups in total. The van der Waals surface area contributed by atoms with Crippen molar-refractivity contribution in [2.45, 2.75) is 78.0 Å². The van der Waals surface area contributed by atoms with Crippen molar-refractivity contribution < 1.29 is 31.1 Å². The third-order valence-electron chi connectivity index (χ3n) is 6.03. The minimum Gasteiger partial charge on any atom is -1.00 e. The predicted molar refractivity (Wildman–Crippen MR) is 153 cm³/mol. The van der Waals surface area contributed by atoms with Gasteiger partial charge >= 0.3 is 21.7 Å². The molecule has 0 aliphatic rings. The van der Waals surface area contributed by atoms with Crippen molar-refractivity contribution in [2.75, 3.05) is 0 Å². The van der Waals surface area contributed by atoms with Crippen molar-refractivity contribution in [1.82, 2.24) is 0 Å². The molecule has 4 rings (SSSR count). The van der Waals surface area contributed by atoms with Crippen molar-refractivity contribution in [1.29, 1.82) is 0 Å². The van der Waals surface area contributed by atoms with Gasteiger partial charge in [-0.1, -0.05) is 83.4 Å². The van der Waals surface area contributed by atoms with E-state index in [4.69, 9.17) is 0 Å². The van der Waals surface area contributed by atoms with Gasteiger partial charge in [-0.05, 0) is 22.6 Å². The topological polar surface area (TPSA) is 0 Å². The quantitative estimate of drug-likeness (QED) is 0.198. The molecule has 0 fully saturated rings. The van der Waals surface area contributed by atoms with E-state index in [0.29, 0.717) is 0 Å². The molecular formula is C30H40F2P2Ti. The van der Waals surface area contributed by atoms with Gasteiger partial charge in [0.2, 0.25) is 0 Å². The molecule has 0 radical (unpaired) electrons. The van der Waals surface area contributed by atoms with Gasteiger partial charge in [-0.25, -0.2) is 0 Å². The molecule has 0 heterocycles. The Hall–Kier alpha value is -0.906. The van der Waals surface area contributed by atoms with Crippen LogP contribution in [0.15, 0.2) is 72.8 Å². The summed E-state index contributed by atoms with van der Waals surface area (Å²) in [5.74, 6) is 0. The van der Waals surface area contributed by atoms with E-state index in [1.54, 1.807) is 10.6 Å². The minimum atomic E-state index is -0.0206. The molecule has 0 spiro atoms. The van der Waals surface area contributed by atoms with Crippen LogP contribution in [0.25, 0.3) is 21.5 Å². The Balaban J connectivity index is 0.000000608. The van der Waals surface area contributed by atoms with E-state index in [9.17, 15) is 0 Å². The van der Waals surface area contributed by atoms with E-state index in [0.717, 1.165) is 22.6 Å². The van der Waals surface area contributed by atoms with Crippen molar-refractivity contribution >= 4 is 48.0 Å². The summed E-state index contributed by atoms with van der Waals surface area (Å²) in [4.78, 5) is 0. The number of rotatable bonds is 6. The molecule has 4 aromatic carbocycles. The summed E-state index contributed by atoms with van der Waals surface area (Å²) in [6.45, 7) is 18.8. The van der Waals surface area contributed by atoms with Crippen LogP contribution >= 0.6 is 15.8 Å². The Morgan fingerprint density at radius 2 is 0.800 bits per heavy atom. The number of fused-ring (bicyclic) bond motifs is 2. The molecule has 35 heavy (non-hydrogen) atoms. The summed E-state index contributed by atoms with van der Waals surface area (Å²) in [5, 5.41) is 8.72. The first-order chi connectivity index (χ1) is 15.2. The molecule has 5 heteroatoms. The van der Waals surface area contributed by atoms with Crippen LogP contribution in [0.4, 0.5) is 0 Å². The molecule has 0 saturated heterocycles. The van der Waals surface area contributed by atoms with Crippen molar-refractivity contribution in [3.05, 3.63) is 72.8 Å². The fourth-order valence-electron chi connectivity index (χ4n) is 4.95. The second kappa shape index (κ2) is 15.4. The average Bonchev–Trinajstić information content (AvgIpc) is 3.30. The maximum Gasteiger partial charge on any atom is 4.00 e. The van der Waals surface area contributed by atoms with Crippen molar-refractivity contribution in [3.8, 4) is 0 Å². The fraction of sp³-hybridized carbons (Fsp3) is 0.400. The summed E-state index contributed by atoms with van der Waals surface area (Å²) in [6, 6.07) is 26.9.